The van der Waals surface area contributed by atoms with E-state index in [4.69, 9.17) is 0 Å². The summed E-state index contributed by atoms with van der Waals surface area (Å²) in [5.41, 5.74) is 1.63. The zero-order chi connectivity index (χ0) is 13.8. The van der Waals surface area contributed by atoms with Crippen LogP contribution in [0.3, 0.4) is 0 Å². The van der Waals surface area contributed by atoms with Crippen LogP contribution in [0, 0.1) is 5.92 Å². The van der Waals surface area contributed by atoms with Gasteiger partial charge in [0, 0.05) is 30.4 Å². The zero-order valence-corrected chi connectivity index (χ0v) is 13.8. The van der Waals surface area contributed by atoms with Gasteiger partial charge in [-0.15, -0.1) is 24.8 Å². The molecule has 3 rings (SSSR count). The molecule has 2 aromatic rings. The van der Waals surface area contributed by atoms with E-state index < -0.39 is 0 Å². The van der Waals surface area contributed by atoms with Crippen molar-refractivity contribution in [3.8, 4) is 0 Å². The van der Waals surface area contributed by atoms with Crippen LogP contribution in [0.5, 0.6) is 0 Å². The maximum Gasteiger partial charge on any atom is 0.224 e. The van der Waals surface area contributed by atoms with Gasteiger partial charge in [0.25, 0.3) is 0 Å². The third-order valence-corrected chi connectivity index (χ3v) is 3.76. The molecule has 0 spiro atoms. The number of carbonyl (C=O) groups is 1. The van der Waals surface area contributed by atoms with E-state index in [1.807, 2.05) is 12.1 Å². The van der Waals surface area contributed by atoms with Crippen molar-refractivity contribution in [2.75, 3.05) is 18.4 Å². The highest BCUT2D eigenvalue weighted by Crippen LogP contribution is 2.21. The van der Waals surface area contributed by atoms with E-state index in [0.29, 0.717) is 12.3 Å². The predicted octanol–water partition coefficient (Wildman–Crippen LogP) is 2.80. The second-order valence-corrected chi connectivity index (χ2v) is 5.20. The minimum absolute atomic E-state index is 0. The lowest BCUT2D eigenvalue weighted by Gasteiger charge is -2.10. The molecule has 1 atom stereocenters. The van der Waals surface area contributed by atoms with Gasteiger partial charge in [0.1, 0.15) is 0 Å². The van der Waals surface area contributed by atoms with E-state index in [0.717, 1.165) is 36.1 Å². The molecule has 1 amide bonds. The Morgan fingerprint density at radius 3 is 2.95 bits per heavy atom. The van der Waals surface area contributed by atoms with Crippen molar-refractivity contribution >= 4 is 47.3 Å². The lowest BCUT2D eigenvalue weighted by molar-refractivity contribution is -0.116. The molecule has 0 radical (unpaired) electrons. The summed E-state index contributed by atoms with van der Waals surface area (Å²) in [5, 5.41) is 7.17. The van der Waals surface area contributed by atoms with E-state index in [9.17, 15) is 4.79 Å². The van der Waals surface area contributed by atoms with Gasteiger partial charge in [-0.1, -0.05) is 0 Å². The van der Waals surface area contributed by atoms with Crippen LogP contribution < -0.4 is 10.6 Å². The van der Waals surface area contributed by atoms with E-state index >= 15 is 0 Å². The van der Waals surface area contributed by atoms with Crippen LogP contribution in [0.2, 0.25) is 0 Å². The molecular formula is C15H20Cl2N4O. The molecule has 0 bridgehead atoms. The number of pyridine rings is 2. The van der Waals surface area contributed by atoms with Gasteiger partial charge in [-0.25, -0.2) is 0 Å². The number of amides is 1. The molecular weight excluding hydrogens is 323 g/mol. The van der Waals surface area contributed by atoms with Crippen molar-refractivity contribution in [3.05, 3.63) is 30.7 Å². The number of anilines is 1. The molecule has 22 heavy (non-hydrogen) atoms. The Labute approximate surface area is 142 Å². The Morgan fingerprint density at radius 2 is 2.18 bits per heavy atom. The molecule has 1 fully saturated rings. The summed E-state index contributed by atoms with van der Waals surface area (Å²) >= 11 is 0. The lowest BCUT2D eigenvalue weighted by atomic mass is 10.0. The summed E-state index contributed by atoms with van der Waals surface area (Å²) in [6.45, 7) is 2.11. The van der Waals surface area contributed by atoms with Crippen molar-refractivity contribution < 1.29 is 4.79 Å². The first-order valence-electron chi connectivity index (χ1n) is 7.02. The number of rotatable bonds is 4. The minimum atomic E-state index is 0. The largest absolute Gasteiger partial charge is 0.325 e. The fraction of sp³-hybridized carbons (Fsp3) is 0.400. The van der Waals surface area contributed by atoms with Crippen LogP contribution in [0.4, 0.5) is 5.69 Å². The summed E-state index contributed by atoms with van der Waals surface area (Å²) in [4.78, 5) is 20.4. The normalized spacial score (nSPS) is 16.6. The Morgan fingerprint density at radius 1 is 1.32 bits per heavy atom. The third-order valence-electron chi connectivity index (χ3n) is 3.76. The number of aromatic nitrogens is 2. The molecule has 1 unspecified atom stereocenters. The zero-order valence-electron chi connectivity index (χ0n) is 12.1. The molecule has 1 aliphatic rings. The Balaban J connectivity index is 0.00000121. The van der Waals surface area contributed by atoms with Gasteiger partial charge >= 0.3 is 0 Å². The topological polar surface area (TPSA) is 66.9 Å². The highest BCUT2D eigenvalue weighted by molar-refractivity contribution is 6.00. The number of hydrogen-bond acceptors (Lipinski definition) is 4. The fourth-order valence-electron chi connectivity index (χ4n) is 2.61. The van der Waals surface area contributed by atoms with Crippen molar-refractivity contribution in [2.45, 2.75) is 19.3 Å². The summed E-state index contributed by atoms with van der Waals surface area (Å²) in [6, 6.07) is 3.66. The quantitative estimate of drug-likeness (QED) is 0.896. The highest BCUT2D eigenvalue weighted by Gasteiger charge is 2.16. The maximum absolute atomic E-state index is 12.0. The van der Waals surface area contributed by atoms with Crippen molar-refractivity contribution in [1.29, 1.82) is 0 Å². The summed E-state index contributed by atoms with van der Waals surface area (Å²) in [7, 11) is 0. The van der Waals surface area contributed by atoms with E-state index in [1.165, 1.54) is 6.42 Å². The molecule has 1 saturated heterocycles. The fourth-order valence-corrected chi connectivity index (χ4v) is 2.61. The standard InChI is InChI=1S/C15H18N4O.2ClH/c20-15(2-1-11-3-6-16-9-11)19-14-5-8-18-13-4-7-17-10-12(13)14;;/h4-5,7-8,10-11,16H,1-3,6,9H2,(H,18,19,20);2*1H. The monoisotopic (exact) mass is 342 g/mol. The number of carbonyl (C=O) groups excluding carboxylic acids is 1. The Hall–Kier alpha value is -1.43. The summed E-state index contributed by atoms with van der Waals surface area (Å²) in [5.74, 6) is 0.699. The molecule has 0 aromatic carbocycles. The van der Waals surface area contributed by atoms with Crippen molar-refractivity contribution in [3.63, 3.8) is 0 Å². The van der Waals surface area contributed by atoms with Crippen LogP contribution in [0.1, 0.15) is 19.3 Å². The number of halogens is 2. The van der Waals surface area contributed by atoms with Crippen molar-refractivity contribution in [1.82, 2.24) is 15.3 Å². The van der Waals surface area contributed by atoms with Gasteiger partial charge in [-0.2, -0.15) is 0 Å². The molecule has 0 aliphatic carbocycles. The molecule has 2 aromatic heterocycles. The molecule has 1 aliphatic heterocycles. The number of hydrogen-bond donors (Lipinski definition) is 2. The lowest BCUT2D eigenvalue weighted by Crippen LogP contribution is -2.15. The van der Waals surface area contributed by atoms with Gasteiger partial charge < -0.3 is 10.6 Å². The van der Waals surface area contributed by atoms with Crippen LogP contribution in [-0.4, -0.2) is 29.0 Å². The van der Waals surface area contributed by atoms with Gasteiger partial charge in [-0.05, 0) is 44.0 Å². The summed E-state index contributed by atoms with van der Waals surface area (Å²) in [6.07, 6.45) is 7.83. The van der Waals surface area contributed by atoms with Crippen LogP contribution in [0.25, 0.3) is 10.9 Å². The van der Waals surface area contributed by atoms with E-state index in [2.05, 4.69) is 20.6 Å². The first-order valence-corrected chi connectivity index (χ1v) is 7.02. The number of nitrogens with zero attached hydrogens (tertiary/aromatic N) is 2. The Bertz CT molecular complexity index is 612. The average Bonchev–Trinajstić information content (AvgIpc) is 2.99. The molecule has 120 valence electrons. The second kappa shape index (κ2) is 8.88. The Kier molecular flexibility index (Phi) is 7.51. The smallest absolute Gasteiger partial charge is 0.224 e. The van der Waals surface area contributed by atoms with E-state index in [-0.39, 0.29) is 30.7 Å². The van der Waals surface area contributed by atoms with Crippen LogP contribution in [-0.2, 0) is 4.79 Å². The van der Waals surface area contributed by atoms with Gasteiger partial charge in [0.15, 0.2) is 0 Å². The van der Waals surface area contributed by atoms with Crippen LogP contribution >= 0.6 is 24.8 Å². The SMILES string of the molecule is Cl.Cl.O=C(CCC1CCNC1)Nc1ccnc2ccncc12. The first kappa shape index (κ1) is 18.6. The second-order valence-electron chi connectivity index (χ2n) is 5.20. The molecule has 5 nitrogen and oxygen atoms in total. The van der Waals surface area contributed by atoms with Crippen molar-refractivity contribution in [2.24, 2.45) is 5.92 Å². The maximum atomic E-state index is 12.0. The molecule has 7 heteroatoms. The summed E-state index contributed by atoms with van der Waals surface area (Å²) < 4.78 is 0. The minimum Gasteiger partial charge on any atom is -0.325 e. The first-order chi connectivity index (χ1) is 9.83. The van der Waals surface area contributed by atoms with Gasteiger partial charge in [0.2, 0.25) is 5.91 Å². The third kappa shape index (κ3) is 4.53. The highest BCUT2D eigenvalue weighted by atomic mass is 35.5. The number of fused-ring (bicyclic) bond motifs is 1. The average molecular weight is 343 g/mol. The number of nitrogens with one attached hydrogen (secondary N) is 2. The molecule has 3 heterocycles. The molecule has 0 saturated carbocycles. The predicted molar refractivity (Wildman–Crippen MR) is 92.9 cm³/mol. The van der Waals surface area contributed by atoms with Crippen LogP contribution in [0.15, 0.2) is 30.7 Å². The van der Waals surface area contributed by atoms with E-state index in [1.54, 1.807) is 18.6 Å². The molecule has 2 N–H and O–H groups in total. The van der Waals surface area contributed by atoms with Gasteiger partial charge in [0.05, 0.1) is 11.2 Å². The van der Waals surface area contributed by atoms with Gasteiger partial charge in [-0.3, -0.25) is 14.8 Å².